The van der Waals surface area contributed by atoms with Gasteiger partial charge in [0.25, 0.3) is 17.4 Å². The molecule has 0 bridgehead atoms. The van der Waals surface area contributed by atoms with Gasteiger partial charge in [-0.05, 0) is 61.7 Å². The minimum absolute atomic E-state index is 0.0168. The molecule has 1 fully saturated rings. The van der Waals surface area contributed by atoms with E-state index < -0.39 is 29.7 Å². The molecular formula is C41H48N6O11. The van der Waals surface area contributed by atoms with Crippen LogP contribution >= 0.6 is 0 Å². The lowest BCUT2D eigenvalue weighted by Crippen LogP contribution is -2.54. The Bertz CT molecular complexity index is 2180. The number of ketones is 1. The fourth-order valence-electron chi connectivity index (χ4n) is 7.67. The number of amides is 6. The van der Waals surface area contributed by atoms with Crippen LogP contribution in [0.15, 0.2) is 41.3 Å². The molecule has 2 aromatic carbocycles. The van der Waals surface area contributed by atoms with Crippen LogP contribution in [0.3, 0.4) is 0 Å². The number of methoxy groups -OCH3 is 2. The monoisotopic (exact) mass is 800 g/mol. The van der Waals surface area contributed by atoms with Gasteiger partial charge in [-0.15, -0.1) is 0 Å². The molecule has 0 aliphatic carbocycles. The number of piperidine rings is 1. The van der Waals surface area contributed by atoms with E-state index >= 15 is 0 Å². The van der Waals surface area contributed by atoms with Crippen LogP contribution in [-0.4, -0.2) is 122 Å². The van der Waals surface area contributed by atoms with Gasteiger partial charge in [0.05, 0.1) is 50.6 Å². The van der Waals surface area contributed by atoms with Crippen LogP contribution in [0.5, 0.6) is 17.2 Å². The summed E-state index contributed by atoms with van der Waals surface area (Å²) in [5.74, 6) is -1.05. The molecule has 17 heteroatoms. The average molecular weight is 801 g/mol. The number of nitrogens with zero attached hydrogens (tertiary/aromatic N) is 4. The molecule has 1 aromatic heterocycles. The summed E-state index contributed by atoms with van der Waals surface area (Å²) < 4.78 is 24.6. The van der Waals surface area contributed by atoms with Gasteiger partial charge in [-0.25, -0.2) is 4.79 Å². The molecule has 0 saturated carbocycles. The molecule has 6 amide bonds. The molecule has 3 aliphatic heterocycles. The number of fused-ring (bicyclic) bond motifs is 2. The summed E-state index contributed by atoms with van der Waals surface area (Å²) >= 11 is 0. The molecule has 3 aromatic rings. The number of Topliss-reactive ketones (excluding diaryl/α,β-unsaturated/α-hetero) is 1. The topological polar surface area (TPSA) is 195 Å². The van der Waals surface area contributed by atoms with Crippen molar-refractivity contribution in [2.45, 2.75) is 51.2 Å². The standard InChI is InChI=1S/C41H48N6O11/c1-42-41(54)46-14-13-26-28(22-45(3)38(51)29(26)23-46)24-18-33(55-4)30(34(19-24)56-5)21-44(2)20-25(48)8-7-15-57-16-17-58-32-10-6-9-27-36(32)40(53)47(39(27)52)31-11-12-35(49)43-37(31)50/h6,9-10,18-19,22,31H,7-8,11-17,20-21,23H2,1-5H3,(H,42,54)(H,43,49,50). The normalized spacial score (nSPS) is 16.3. The quantitative estimate of drug-likeness (QED) is 0.158. The number of benzene rings is 2. The van der Waals surface area contributed by atoms with Crippen molar-refractivity contribution in [3.05, 3.63) is 74.7 Å². The predicted octanol–water partition coefficient (Wildman–Crippen LogP) is 2.04. The lowest BCUT2D eigenvalue weighted by atomic mass is 9.91. The molecule has 0 radical (unpaired) electrons. The molecule has 17 nitrogen and oxygen atoms in total. The van der Waals surface area contributed by atoms with Gasteiger partial charge >= 0.3 is 6.03 Å². The molecule has 4 heterocycles. The van der Waals surface area contributed by atoms with Crippen LogP contribution in [0.4, 0.5) is 4.79 Å². The van der Waals surface area contributed by atoms with Crippen LogP contribution in [0.25, 0.3) is 11.1 Å². The molecule has 308 valence electrons. The Kier molecular flexibility index (Phi) is 12.9. The third kappa shape index (κ3) is 8.60. The average Bonchev–Trinajstić information content (AvgIpc) is 3.47. The number of aromatic nitrogens is 1. The van der Waals surface area contributed by atoms with E-state index in [-0.39, 0.29) is 79.8 Å². The summed E-state index contributed by atoms with van der Waals surface area (Å²) in [7, 11) is 8.23. The molecule has 6 rings (SSSR count). The van der Waals surface area contributed by atoms with Crippen molar-refractivity contribution >= 4 is 35.4 Å². The zero-order chi connectivity index (χ0) is 41.7. The van der Waals surface area contributed by atoms with Gasteiger partial charge in [0.15, 0.2) is 0 Å². The minimum Gasteiger partial charge on any atom is -0.496 e. The minimum atomic E-state index is -1.07. The number of hydrogen-bond donors (Lipinski definition) is 2. The highest BCUT2D eigenvalue weighted by Crippen LogP contribution is 2.38. The first-order chi connectivity index (χ1) is 27.9. The number of nitrogens with one attached hydrogen (secondary N) is 2. The Balaban J connectivity index is 0.987. The van der Waals surface area contributed by atoms with Gasteiger partial charge in [-0.2, -0.15) is 0 Å². The molecule has 58 heavy (non-hydrogen) atoms. The number of carbonyl (C=O) groups excluding carboxylic acids is 6. The van der Waals surface area contributed by atoms with E-state index in [1.807, 2.05) is 24.1 Å². The number of aryl methyl sites for hydroxylation is 1. The lowest BCUT2D eigenvalue weighted by molar-refractivity contribution is -0.136. The maximum absolute atomic E-state index is 13.3. The van der Waals surface area contributed by atoms with E-state index in [4.69, 9.17) is 18.9 Å². The maximum atomic E-state index is 13.3. The zero-order valence-corrected chi connectivity index (χ0v) is 33.3. The molecule has 1 unspecified atom stereocenters. The van der Waals surface area contributed by atoms with Crippen molar-refractivity contribution in [1.82, 2.24) is 29.9 Å². The number of carbonyl (C=O) groups is 6. The van der Waals surface area contributed by atoms with E-state index in [2.05, 4.69) is 10.6 Å². The molecule has 1 atom stereocenters. The summed E-state index contributed by atoms with van der Waals surface area (Å²) in [6.07, 6.45) is 3.16. The van der Waals surface area contributed by atoms with Crippen LogP contribution in [0, 0.1) is 0 Å². The molecular weight excluding hydrogens is 752 g/mol. The second-order valence-corrected chi connectivity index (χ2v) is 14.4. The molecule has 1 saturated heterocycles. The van der Waals surface area contributed by atoms with Crippen molar-refractivity contribution in [1.29, 1.82) is 0 Å². The highest BCUT2D eigenvalue weighted by Gasteiger charge is 2.46. The van der Waals surface area contributed by atoms with E-state index in [9.17, 15) is 33.6 Å². The highest BCUT2D eigenvalue weighted by molar-refractivity contribution is 6.24. The number of ether oxygens (including phenoxy) is 4. The number of rotatable bonds is 16. The van der Waals surface area contributed by atoms with Gasteiger partial charge in [-0.3, -0.25) is 43.9 Å². The summed E-state index contributed by atoms with van der Waals surface area (Å²) in [4.78, 5) is 93.1. The summed E-state index contributed by atoms with van der Waals surface area (Å²) in [5.41, 5.74) is 3.91. The Morgan fingerprint density at radius 3 is 2.36 bits per heavy atom. The van der Waals surface area contributed by atoms with E-state index in [0.717, 1.165) is 27.2 Å². The smallest absolute Gasteiger partial charge is 0.317 e. The third-order valence-corrected chi connectivity index (χ3v) is 10.5. The second-order valence-electron chi connectivity index (χ2n) is 14.4. The maximum Gasteiger partial charge on any atom is 0.317 e. The van der Waals surface area contributed by atoms with Crippen molar-refractivity contribution < 1.29 is 47.7 Å². The SMILES string of the molecule is CNC(=O)N1CCc2c(-c3cc(OC)c(CN(C)CC(=O)CCCOCCOc4cccc5c4C(=O)N(C4CCC(=O)NC4=O)C5=O)c(OC)c3)cn(C)c(=O)c2C1. The second kappa shape index (κ2) is 18.0. The van der Waals surface area contributed by atoms with Crippen LogP contribution in [-0.2, 0) is 45.7 Å². The zero-order valence-electron chi connectivity index (χ0n) is 33.3. The fourth-order valence-corrected chi connectivity index (χ4v) is 7.67. The Morgan fingerprint density at radius 1 is 0.931 bits per heavy atom. The summed E-state index contributed by atoms with van der Waals surface area (Å²) in [6, 6.07) is 7.15. The summed E-state index contributed by atoms with van der Waals surface area (Å²) in [5, 5.41) is 4.81. The van der Waals surface area contributed by atoms with Crippen LogP contribution < -0.4 is 30.4 Å². The number of imide groups is 2. The first-order valence-electron chi connectivity index (χ1n) is 19.0. The fraction of sp³-hybridized carbons (Fsp3) is 0.439. The first-order valence-corrected chi connectivity index (χ1v) is 19.0. The van der Waals surface area contributed by atoms with Crippen molar-refractivity contribution in [3.63, 3.8) is 0 Å². The predicted molar refractivity (Wildman–Crippen MR) is 209 cm³/mol. The van der Waals surface area contributed by atoms with E-state index in [1.54, 1.807) is 51.5 Å². The lowest BCUT2D eigenvalue weighted by Gasteiger charge is -2.30. The Morgan fingerprint density at radius 2 is 1.67 bits per heavy atom. The highest BCUT2D eigenvalue weighted by atomic mass is 16.5. The van der Waals surface area contributed by atoms with Gasteiger partial charge < -0.3 is 33.7 Å². The van der Waals surface area contributed by atoms with Crippen molar-refractivity contribution in [2.75, 3.05) is 61.2 Å². The van der Waals surface area contributed by atoms with Crippen LogP contribution in [0.2, 0.25) is 0 Å². The largest absolute Gasteiger partial charge is 0.496 e. The molecule has 0 spiro atoms. The number of likely N-dealkylation sites (N-methyl/N-ethyl adjacent to an activating group) is 1. The van der Waals surface area contributed by atoms with Gasteiger partial charge in [-0.1, -0.05) is 6.07 Å². The number of urea groups is 1. The van der Waals surface area contributed by atoms with E-state index in [1.165, 1.54) is 10.6 Å². The van der Waals surface area contributed by atoms with Crippen molar-refractivity contribution in [3.8, 4) is 28.4 Å². The third-order valence-electron chi connectivity index (χ3n) is 10.5. The number of hydrogen-bond acceptors (Lipinski definition) is 12. The van der Waals surface area contributed by atoms with Gasteiger partial charge in [0.2, 0.25) is 11.8 Å². The molecule has 2 N–H and O–H groups in total. The van der Waals surface area contributed by atoms with Gasteiger partial charge in [0.1, 0.15) is 35.7 Å². The van der Waals surface area contributed by atoms with E-state index in [0.29, 0.717) is 49.6 Å². The Hall–Kier alpha value is -6.07. The van der Waals surface area contributed by atoms with Crippen LogP contribution in [0.1, 0.15) is 63.1 Å². The summed E-state index contributed by atoms with van der Waals surface area (Å²) in [6.45, 7) is 1.77. The number of pyridine rings is 1. The van der Waals surface area contributed by atoms with Crippen molar-refractivity contribution in [2.24, 2.45) is 7.05 Å². The molecule has 3 aliphatic rings. The Labute approximate surface area is 335 Å². The van der Waals surface area contributed by atoms with Gasteiger partial charge in [0, 0.05) is 64.0 Å². The first kappa shape index (κ1) is 41.6.